The maximum Gasteiger partial charge on any atom is 0.268 e. The minimum Gasteiger partial charge on any atom is -0.382 e. The highest BCUT2D eigenvalue weighted by Gasteiger charge is 2.66. The number of rotatable bonds is 34. The molecule has 7 heterocycles. The molecule has 504 valence electrons. The first-order valence-electron chi connectivity index (χ1n) is 32.9. The van der Waals surface area contributed by atoms with E-state index in [0.29, 0.717) is 105 Å². The van der Waals surface area contributed by atoms with Crippen molar-refractivity contribution in [2.24, 2.45) is 22.0 Å². The van der Waals surface area contributed by atoms with Crippen molar-refractivity contribution in [1.82, 2.24) is 60.1 Å². The zero-order valence-corrected chi connectivity index (χ0v) is 55.9. The molecule has 5 aromatic heterocycles. The number of aryl methyl sites for hydroxylation is 2. The normalized spacial score (nSPS) is 22.1. The Morgan fingerprint density at radius 1 is 0.768 bits per heavy atom. The molecule has 26 nitrogen and oxygen atoms in total. The zero-order valence-electron chi connectivity index (χ0n) is 55.1. The van der Waals surface area contributed by atoms with Crippen molar-refractivity contribution < 1.29 is 47.7 Å². The van der Waals surface area contributed by atoms with Crippen LogP contribution in [0.5, 0.6) is 0 Å². The third kappa shape index (κ3) is 15.3. The van der Waals surface area contributed by atoms with Gasteiger partial charge >= 0.3 is 0 Å². The number of para-hydroxylation sites is 1. The average molecular weight is 1320 g/mol. The van der Waals surface area contributed by atoms with Crippen molar-refractivity contribution in [2.75, 3.05) is 102 Å². The second-order valence-corrected chi connectivity index (χ2v) is 28.3. The van der Waals surface area contributed by atoms with E-state index >= 15 is 0 Å². The number of nitrogens with two attached hydrogens (primary N) is 1. The highest BCUT2D eigenvalue weighted by Crippen LogP contribution is 2.72. The number of primary amides is 1. The molecule has 0 spiro atoms. The van der Waals surface area contributed by atoms with E-state index in [0.717, 1.165) is 103 Å². The van der Waals surface area contributed by atoms with Crippen molar-refractivity contribution in [3.63, 3.8) is 0 Å². The smallest absolute Gasteiger partial charge is 0.268 e. The van der Waals surface area contributed by atoms with Gasteiger partial charge in [-0.25, -0.2) is 9.97 Å². The second-order valence-electron chi connectivity index (χ2n) is 27.3. The second kappa shape index (κ2) is 28.6. The number of thiazole rings is 1. The summed E-state index contributed by atoms with van der Waals surface area (Å²) in [5.41, 5.74) is 12.5. The number of hydrogen-bond donors (Lipinski definition) is 4. The molecular formula is C68H86N16O10S. The maximum atomic E-state index is 13.6. The topological polar surface area (TPSA) is 303 Å². The van der Waals surface area contributed by atoms with Crippen molar-refractivity contribution in [2.45, 2.75) is 130 Å². The molecule has 3 unspecified atom stereocenters. The van der Waals surface area contributed by atoms with Gasteiger partial charge in [0.05, 0.1) is 98.8 Å². The SMILES string of the molecule is Cc1cc(N(CCCCCn2cc(COCCOCCOCCOCCNc3cccc4c3C(=O)N(C3CCC(=O)NC3=O)C4=O)nn2)c2ccc(-c3cnn(CC45CC6(C)CC(C)(C4)CC(OCCN(C)C)(C6)C5)c3C)c(C(N)=O)n2)nnc1Nc1nc2ccccc2s1. The van der Waals surface area contributed by atoms with E-state index in [1.165, 1.54) is 6.42 Å². The molecule has 1 saturated heterocycles. The molecule has 2 aliphatic heterocycles. The fourth-order valence-electron chi connectivity index (χ4n) is 15.9. The Labute approximate surface area is 556 Å². The molecule has 5 N–H and O–H groups in total. The molecule has 0 radical (unpaired) electrons. The highest BCUT2D eigenvalue weighted by molar-refractivity contribution is 7.22. The largest absolute Gasteiger partial charge is 0.382 e. The zero-order chi connectivity index (χ0) is 66.5. The lowest BCUT2D eigenvalue weighted by Gasteiger charge is -2.69. The third-order valence-electron chi connectivity index (χ3n) is 18.9. The summed E-state index contributed by atoms with van der Waals surface area (Å²) in [6.45, 7) is 15.7. The molecule has 2 aromatic carbocycles. The van der Waals surface area contributed by atoms with Crippen molar-refractivity contribution >= 4 is 79.4 Å². The monoisotopic (exact) mass is 1320 g/mol. The van der Waals surface area contributed by atoms with Crippen LogP contribution in [0.15, 0.2) is 73.1 Å². The number of anilines is 5. The number of nitrogens with zero attached hydrogens (tertiary/aromatic N) is 12. The Morgan fingerprint density at radius 3 is 2.26 bits per heavy atom. The first-order valence-corrected chi connectivity index (χ1v) is 33.7. The first kappa shape index (κ1) is 66.8. The van der Waals surface area contributed by atoms with E-state index in [1.54, 1.807) is 29.5 Å². The van der Waals surface area contributed by atoms with Crippen molar-refractivity contribution in [3.8, 4) is 11.1 Å². The molecule has 4 aliphatic carbocycles. The van der Waals surface area contributed by atoms with E-state index < -0.39 is 35.6 Å². The van der Waals surface area contributed by atoms with E-state index in [-0.39, 0.29) is 58.1 Å². The van der Waals surface area contributed by atoms with Gasteiger partial charge in [-0.05, 0) is 156 Å². The number of imide groups is 2. The molecule has 95 heavy (non-hydrogen) atoms. The summed E-state index contributed by atoms with van der Waals surface area (Å²) in [6, 6.07) is 17.7. The molecule has 7 aromatic rings. The van der Waals surface area contributed by atoms with Crippen molar-refractivity contribution in [1.29, 1.82) is 0 Å². The number of benzene rings is 2. The van der Waals surface area contributed by atoms with Crippen LogP contribution in [0.1, 0.15) is 133 Å². The molecule has 4 saturated carbocycles. The third-order valence-corrected chi connectivity index (χ3v) is 19.8. The summed E-state index contributed by atoms with van der Waals surface area (Å²) >= 11 is 1.55. The predicted octanol–water partition coefficient (Wildman–Crippen LogP) is 8.18. The Bertz CT molecular complexity index is 3910. The van der Waals surface area contributed by atoms with E-state index in [4.69, 9.17) is 49.6 Å². The van der Waals surface area contributed by atoms with Gasteiger partial charge in [0.25, 0.3) is 17.7 Å². The minimum atomic E-state index is -1.03. The van der Waals surface area contributed by atoms with Gasteiger partial charge in [-0.1, -0.05) is 48.6 Å². The number of hydrogen-bond acceptors (Lipinski definition) is 22. The van der Waals surface area contributed by atoms with E-state index in [9.17, 15) is 24.0 Å². The molecule has 13 rings (SSSR count). The summed E-state index contributed by atoms with van der Waals surface area (Å²) in [5.74, 6) is -1.17. The van der Waals surface area contributed by atoms with Crippen LogP contribution in [-0.2, 0) is 53.0 Å². The van der Waals surface area contributed by atoms with Crippen LogP contribution in [-0.4, -0.2) is 183 Å². The average Bonchev–Trinajstić information content (AvgIpc) is 1.67. The van der Waals surface area contributed by atoms with Gasteiger partial charge in [0.15, 0.2) is 16.8 Å². The van der Waals surface area contributed by atoms with Crippen LogP contribution in [0.4, 0.5) is 28.3 Å². The quantitative estimate of drug-likeness (QED) is 0.0218. The minimum absolute atomic E-state index is 0.0352. The summed E-state index contributed by atoms with van der Waals surface area (Å²) in [4.78, 5) is 79.1. The van der Waals surface area contributed by atoms with Gasteiger partial charge < -0.3 is 49.9 Å². The van der Waals surface area contributed by atoms with Gasteiger partial charge in [-0.15, -0.1) is 15.3 Å². The van der Waals surface area contributed by atoms with Gasteiger partial charge in [-0.3, -0.25) is 43.6 Å². The number of piperidine rings is 1. The van der Waals surface area contributed by atoms with Gasteiger partial charge in [0, 0.05) is 61.7 Å². The van der Waals surface area contributed by atoms with Crippen LogP contribution in [0.2, 0.25) is 0 Å². The number of carbonyl (C=O) groups excluding carboxylic acids is 5. The molecule has 4 bridgehead atoms. The molecule has 3 atom stereocenters. The maximum absolute atomic E-state index is 13.6. The van der Waals surface area contributed by atoms with Crippen molar-refractivity contribution in [3.05, 3.63) is 107 Å². The summed E-state index contributed by atoms with van der Waals surface area (Å²) < 4.78 is 34.8. The fourth-order valence-corrected chi connectivity index (χ4v) is 16.7. The van der Waals surface area contributed by atoms with Gasteiger partial charge in [-0.2, -0.15) is 5.10 Å². The number of amides is 5. The number of nitrogens with one attached hydrogen (secondary N) is 3. The Kier molecular flexibility index (Phi) is 20.1. The predicted molar refractivity (Wildman–Crippen MR) is 357 cm³/mol. The van der Waals surface area contributed by atoms with Crippen LogP contribution >= 0.6 is 11.3 Å². The molecule has 5 amide bonds. The Hall–Kier alpha value is -8.18. The fraction of sp³-hybridized carbons (Fsp3) is 0.529. The molecule has 5 fully saturated rings. The molecule has 6 aliphatic rings. The lowest BCUT2D eigenvalue weighted by atomic mass is 9.39. The number of likely N-dealkylation sites (N-methyl/N-ethyl adjacent to an activating group) is 1. The Balaban J connectivity index is 0.598. The lowest BCUT2D eigenvalue weighted by molar-refractivity contribution is -0.248. The van der Waals surface area contributed by atoms with Crippen LogP contribution in [0, 0.1) is 30.1 Å². The summed E-state index contributed by atoms with van der Waals surface area (Å²) in [7, 11) is 4.20. The number of unbranched alkanes of at least 4 members (excludes halogenated alkanes) is 2. The highest BCUT2D eigenvalue weighted by atomic mass is 32.1. The summed E-state index contributed by atoms with van der Waals surface area (Å²) in [6.07, 6.45) is 13.0. The molecule has 27 heteroatoms. The van der Waals surface area contributed by atoms with Gasteiger partial charge in [0.2, 0.25) is 11.8 Å². The lowest BCUT2D eigenvalue weighted by Crippen LogP contribution is -2.64. The number of ether oxygens (including phenoxy) is 5. The van der Waals surface area contributed by atoms with Crippen LogP contribution in [0.25, 0.3) is 21.3 Å². The standard InChI is InChI=1S/C68H86N16O10S/c1-44-33-55(77-78-60(44)75-64-72-50-14-8-9-16-53(50)95-64)82(54-19-17-47(58(73-54)59(69)86)49-34-71-83(45(49)2)43-67-38-65(3)37-66(4,39-67)41-68(40-65,42-67)94-26-24-80(5)6)23-11-7-10-22-81-35-46(76-79-81)36-93-32-31-92-30-29-91-28-27-90-25-21-70-51-15-12-13-48-57(51)63(89)84(62(48)88)52-18-20-56(85)74-61(52)87/h8-9,12-17,19,33-35,52,70H,7,10-11,18,20-32,36-43H2,1-6H3,(H2,69,86)(H,72,75,78)(H,74,85,87). The Morgan fingerprint density at radius 2 is 1.53 bits per heavy atom. The van der Waals surface area contributed by atoms with Crippen LogP contribution < -0.4 is 26.6 Å². The number of fused-ring (bicyclic) bond motifs is 2. The number of aromatic nitrogens is 9. The molecular weight excluding hydrogens is 1230 g/mol. The van der Waals surface area contributed by atoms with E-state index in [2.05, 4.69) is 75.8 Å². The van der Waals surface area contributed by atoms with E-state index in [1.807, 2.05) is 71.4 Å². The number of carbonyl (C=O) groups is 5. The number of pyridine rings is 1. The van der Waals surface area contributed by atoms with Crippen LogP contribution in [0.3, 0.4) is 0 Å². The summed E-state index contributed by atoms with van der Waals surface area (Å²) in [5, 5.41) is 32.6. The first-order chi connectivity index (χ1) is 45.8. The van der Waals surface area contributed by atoms with Gasteiger partial charge in [0.1, 0.15) is 23.2 Å².